The van der Waals surface area contributed by atoms with Gasteiger partial charge in [-0.2, -0.15) is 0 Å². The fourth-order valence-corrected chi connectivity index (χ4v) is 3.34. The first-order valence-electron chi connectivity index (χ1n) is 7.78. The van der Waals surface area contributed by atoms with Crippen LogP contribution in [0.2, 0.25) is 0 Å². The van der Waals surface area contributed by atoms with Crippen molar-refractivity contribution < 1.29 is 19.0 Å². The van der Waals surface area contributed by atoms with E-state index in [1.807, 2.05) is 0 Å². The number of hydrogen-bond acceptors (Lipinski definition) is 4. The molecule has 0 bridgehead atoms. The van der Waals surface area contributed by atoms with Gasteiger partial charge >= 0.3 is 0 Å². The van der Waals surface area contributed by atoms with Crippen molar-refractivity contribution in [3.05, 3.63) is 24.0 Å². The van der Waals surface area contributed by atoms with E-state index >= 15 is 0 Å². The number of nitrogens with one attached hydrogen (secondary N) is 1. The first-order chi connectivity index (χ1) is 10.6. The molecule has 1 aromatic carbocycles. The minimum absolute atomic E-state index is 0.0831. The van der Waals surface area contributed by atoms with E-state index in [-0.39, 0.29) is 23.4 Å². The maximum absolute atomic E-state index is 13.8. The summed E-state index contributed by atoms with van der Waals surface area (Å²) in [6.45, 7) is 1.71. The lowest BCUT2D eigenvalue weighted by molar-refractivity contribution is -0.129. The van der Waals surface area contributed by atoms with Crippen LogP contribution in [0.5, 0.6) is 5.75 Å². The molecular weight excluding hydrogens is 287 g/mol. The molecule has 2 fully saturated rings. The predicted molar refractivity (Wildman–Crippen MR) is 80.3 cm³/mol. The summed E-state index contributed by atoms with van der Waals surface area (Å²) in [5.41, 5.74) is 0.0831. The molecule has 1 saturated heterocycles. The molecule has 0 spiro atoms. The minimum Gasteiger partial charge on any atom is -0.508 e. The Balaban J connectivity index is 1.71. The zero-order chi connectivity index (χ0) is 15.5. The lowest BCUT2D eigenvalue weighted by Gasteiger charge is -2.38. The molecule has 22 heavy (non-hydrogen) atoms. The third-order valence-corrected chi connectivity index (χ3v) is 4.48. The first kappa shape index (κ1) is 15.2. The van der Waals surface area contributed by atoms with Crippen molar-refractivity contribution in [3.63, 3.8) is 0 Å². The second-order valence-corrected chi connectivity index (χ2v) is 5.92. The van der Waals surface area contributed by atoms with Gasteiger partial charge in [-0.05, 0) is 25.0 Å². The van der Waals surface area contributed by atoms with Gasteiger partial charge in [0, 0.05) is 18.7 Å². The van der Waals surface area contributed by atoms with Crippen molar-refractivity contribution in [2.75, 3.05) is 25.1 Å². The number of aromatic hydroxyl groups is 1. The van der Waals surface area contributed by atoms with Gasteiger partial charge in [-0.1, -0.05) is 12.8 Å². The van der Waals surface area contributed by atoms with Crippen LogP contribution in [0, 0.1) is 5.82 Å². The molecular formula is C16H21FN2O3. The standard InChI is InChI=1S/C16H21FN2O3/c17-13-9-12(20)5-6-14(13)18-16(21)15-10-22-8-7-19(15)11-3-1-2-4-11/h5-6,9,11,15,20H,1-4,7-8,10H2,(H,18,21)/t15-/m1/s1. The van der Waals surface area contributed by atoms with Gasteiger partial charge in [-0.15, -0.1) is 0 Å². The van der Waals surface area contributed by atoms with Crippen molar-refractivity contribution in [1.82, 2.24) is 4.90 Å². The van der Waals surface area contributed by atoms with Crippen LogP contribution in [-0.2, 0) is 9.53 Å². The number of hydrogen-bond donors (Lipinski definition) is 2. The summed E-state index contributed by atoms with van der Waals surface area (Å²) in [5.74, 6) is -1.06. The van der Waals surface area contributed by atoms with Crippen molar-refractivity contribution >= 4 is 11.6 Å². The van der Waals surface area contributed by atoms with E-state index < -0.39 is 5.82 Å². The highest BCUT2D eigenvalue weighted by molar-refractivity contribution is 5.95. The molecule has 1 aromatic rings. The summed E-state index contributed by atoms with van der Waals surface area (Å²) in [5, 5.41) is 11.8. The number of benzene rings is 1. The number of carbonyl (C=O) groups is 1. The van der Waals surface area contributed by atoms with E-state index in [2.05, 4.69) is 10.2 Å². The van der Waals surface area contributed by atoms with Gasteiger partial charge in [0.05, 0.1) is 18.9 Å². The Morgan fingerprint density at radius 1 is 1.36 bits per heavy atom. The monoisotopic (exact) mass is 308 g/mol. The number of carbonyl (C=O) groups excluding carboxylic acids is 1. The lowest BCUT2D eigenvalue weighted by atomic mass is 10.1. The quantitative estimate of drug-likeness (QED) is 0.840. The average Bonchev–Trinajstić information content (AvgIpc) is 3.04. The molecule has 1 aliphatic heterocycles. The molecule has 0 radical (unpaired) electrons. The molecule has 120 valence electrons. The second-order valence-electron chi connectivity index (χ2n) is 5.92. The van der Waals surface area contributed by atoms with Gasteiger partial charge in [-0.3, -0.25) is 9.69 Å². The zero-order valence-corrected chi connectivity index (χ0v) is 12.4. The van der Waals surface area contributed by atoms with E-state index in [0.717, 1.165) is 25.5 Å². The molecule has 1 saturated carbocycles. The molecule has 5 nitrogen and oxygen atoms in total. The Kier molecular flexibility index (Phi) is 4.59. The van der Waals surface area contributed by atoms with Crippen LogP contribution in [0.1, 0.15) is 25.7 Å². The zero-order valence-electron chi connectivity index (χ0n) is 12.4. The molecule has 1 aliphatic carbocycles. The third-order valence-electron chi connectivity index (χ3n) is 4.48. The predicted octanol–water partition coefficient (Wildman–Crippen LogP) is 2.11. The lowest BCUT2D eigenvalue weighted by Crippen LogP contribution is -2.55. The average molecular weight is 308 g/mol. The van der Waals surface area contributed by atoms with Crippen molar-refractivity contribution in [2.24, 2.45) is 0 Å². The van der Waals surface area contributed by atoms with Gasteiger partial charge in [0.2, 0.25) is 5.91 Å². The minimum atomic E-state index is -0.641. The Morgan fingerprint density at radius 3 is 2.86 bits per heavy atom. The van der Waals surface area contributed by atoms with Gasteiger partial charge in [0.25, 0.3) is 0 Å². The van der Waals surface area contributed by atoms with Crippen LogP contribution in [0.25, 0.3) is 0 Å². The molecule has 1 heterocycles. The van der Waals surface area contributed by atoms with Crippen molar-refractivity contribution in [2.45, 2.75) is 37.8 Å². The van der Waals surface area contributed by atoms with Gasteiger partial charge in [-0.25, -0.2) is 4.39 Å². The molecule has 1 atom stereocenters. The number of amides is 1. The molecule has 2 aliphatic rings. The molecule has 6 heteroatoms. The fraction of sp³-hybridized carbons (Fsp3) is 0.562. The topological polar surface area (TPSA) is 61.8 Å². The number of phenols is 1. The smallest absolute Gasteiger partial charge is 0.244 e. The molecule has 0 unspecified atom stereocenters. The van der Waals surface area contributed by atoms with E-state index in [0.29, 0.717) is 19.3 Å². The summed E-state index contributed by atoms with van der Waals surface area (Å²) < 4.78 is 19.2. The number of nitrogens with zero attached hydrogens (tertiary/aromatic N) is 1. The number of rotatable bonds is 3. The van der Waals surface area contributed by atoms with E-state index in [1.165, 1.54) is 25.0 Å². The molecule has 1 amide bonds. The highest BCUT2D eigenvalue weighted by Gasteiger charge is 2.35. The van der Waals surface area contributed by atoms with E-state index in [4.69, 9.17) is 4.74 Å². The molecule has 0 aromatic heterocycles. The van der Waals surface area contributed by atoms with E-state index in [9.17, 15) is 14.3 Å². The summed E-state index contributed by atoms with van der Waals surface area (Å²) in [6.07, 6.45) is 4.61. The van der Waals surface area contributed by atoms with Crippen LogP contribution in [0.3, 0.4) is 0 Å². The Labute approximate surface area is 129 Å². The van der Waals surface area contributed by atoms with Crippen molar-refractivity contribution in [3.8, 4) is 5.75 Å². The first-order valence-corrected chi connectivity index (χ1v) is 7.78. The Bertz CT molecular complexity index is 546. The number of halogens is 1. The van der Waals surface area contributed by atoms with Gasteiger partial charge in [0.15, 0.2) is 0 Å². The van der Waals surface area contributed by atoms with Gasteiger partial charge < -0.3 is 15.2 Å². The van der Waals surface area contributed by atoms with Crippen LogP contribution in [0.4, 0.5) is 10.1 Å². The molecule has 2 N–H and O–H groups in total. The Morgan fingerprint density at radius 2 is 2.14 bits per heavy atom. The number of ether oxygens (including phenoxy) is 1. The summed E-state index contributed by atoms with van der Waals surface area (Å²) in [6, 6.07) is 3.74. The van der Waals surface area contributed by atoms with Crippen LogP contribution < -0.4 is 5.32 Å². The summed E-state index contributed by atoms with van der Waals surface area (Å²) >= 11 is 0. The number of phenolic OH excluding ortho intramolecular Hbond substituents is 1. The largest absolute Gasteiger partial charge is 0.508 e. The fourth-order valence-electron chi connectivity index (χ4n) is 3.34. The maximum Gasteiger partial charge on any atom is 0.244 e. The Hall–Kier alpha value is -1.66. The number of anilines is 1. The SMILES string of the molecule is O=C(Nc1ccc(O)cc1F)[C@H]1COCCN1C1CCCC1. The van der Waals surface area contributed by atoms with Crippen LogP contribution >= 0.6 is 0 Å². The number of morpholine rings is 1. The normalized spacial score (nSPS) is 23.6. The molecule has 3 rings (SSSR count). The van der Waals surface area contributed by atoms with E-state index in [1.54, 1.807) is 0 Å². The third kappa shape index (κ3) is 3.23. The van der Waals surface area contributed by atoms with Crippen LogP contribution in [-0.4, -0.2) is 47.8 Å². The summed E-state index contributed by atoms with van der Waals surface area (Å²) in [7, 11) is 0. The second kappa shape index (κ2) is 6.62. The highest BCUT2D eigenvalue weighted by Crippen LogP contribution is 2.27. The summed E-state index contributed by atoms with van der Waals surface area (Å²) in [4.78, 5) is 14.7. The van der Waals surface area contributed by atoms with Gasteiger partial charge in [0.1, 0.15) is 17.6 Å². The highest BCUT2D eigenvalue weighted by atomic mass is 19.1. The maximum atomic E-state index is 13.8. The van der Waals surface area contributed by atoms with Crippen molar-refractivity contribution in [1.29, 1.82) is 0 Å². The van der Waals surface area contributed by atoms with Crippen LogP contribution in [0.15, 0.2) is 18.2 Å².